The Hall–Kier alpha value is 0.250. The maximum atomic E-state index is 6.23. The van der Waals surface area contributed by atoms with E-state index in [1.54, 1.807) is 0 Å². The summed E-state index contributed by atoms with van der Waals surface area (Å²) in [5, 5.41) is 0.322. The molecule has 0 aromatic carbocycles. The monoisotopic (exact) mass is 232 g/mol. The van der Waals surface area contributed by atoms with Crippen molar-refractivity contribution in [2.24, 2.45) is 5.41 Å². The summed E-state index contributed by atoms with van der Waals surface area (Å²) in [7, 11) is 0. The van der Waals surface area contributed by atoms with Gasteiger partial charge >= 0.3 is 0 Å². The van der Waals surface area contributed by atoms with Crippen LogP contribution < -0.4 is 0 Å². The van der Waals surface area contributed by atoms with Crippen LogP contribution in [-0.4, -0.2) is 18.1 Å². The largest absolute Gasteiger partial charge is 0.378 e. The lowest BCUT2D eigenvalue weighted by atomic mass is 9.65. The molecule has 0 N–H and O–H groups in total. The number of rotatable bonds is 7. The van der Waals surface area contributed by atoms with Crippen molar-refractivity contribution in [3.05, 3.63) is 0 Å². The second-order valence-electron chi connectivity index (χ2n) is 4.98. The number of ether oxygens (including phenoxy) is 1. The Morgan fingerprint density at radius 2 is 2.00 bits per heavy atom. The van der Waals surface area contributed by atoms with Gasteiger partial charge in [-0.05, 0) is 19.3 Å². The summed E-state index contributed by atoms with van der Waals surface area (Å²) in [4.78, 5) is 0. The first-order valence-electron chi connectivity index (χ1n) is 6.40. The van der Waals surface area contributed by atoms with Gasteiger partial charge in [-0.2, -0.15) is 0 Å². The third kappa shape index (κ3) is 3.10. The second-order valence-corrected chi connectivity index (χ2v) is 5.51. The normalized spacial score (nSPS) is 35.2. The highest BCUT2D eigenvalue weighted by molar-refractivity contribution is 6.21. The van der Waals surface area contributed by atoms with Crippen LogP contribution >= 0.6 is 11.6 Å². The van der Waals surface area contributed by atoms with Gasteiger partial charge in [0, 0.05) is 17.4 Å². The fourth-order valence-corrected chi connectivity index (χ4v) is 2.69. The SMILES string of the molecule is CCCCCCOC1CC(Cl)C1(C)CC. The molecule has 0 aliphatic heterocycles. The Kier molecular flexibility index (Phi) is 5.42. The smallest absolute Gasteiger partial charge is 0.0656 e. The van der Waals surface area contributed by atoms with E-state index >= 15 is 0 Å². The molecule has 0 aromatic rings. The molecule has 0 heterocycles. The summed E-state index contributed by atoms with van der Waals surface area (Å²) in [5.74, 6) is 0. The van der Waals surface area contributed by atoms with E-state index in [2.05, 4.69) is 20.8 Å². The van der Waals surface area contributed by atoms with Gasteiger partial charge < -0.3 is 4.74 Å². The molecular formula is C13H25ClO. The highest BCUT2D eigenvalue weighted by Crippen LogP contribution is 2.49. The highest BCUT2D eigenvalue weighted by Gasteiger charge is 2.50. The van der Waals surface area contributed by atoms with E-state index in [1.165, 1.54) is 25.7 Å². The third-order valence-electron chi connectivity index (χ3n) is 3.95. The van der Waals surface area contributed by atoms with Crippen molar-refractivity contribution in [2.45, 2.75) is 70.8 Å². The molecule has 15 heavy (non-hydrogen) atoms. The second kappa shape index (κ2) is 6.10. The van der Waals surface area contributed by atoms with Crippen LogP contribution in [0.3, 0.4) is 0 Å². The minimum atomic E-state index is 0.228. The molecule has 1 rings (SSSR count). The molecule has 0 amide bonds. The van der Waals surface area contributed by atoms with E-state index < -0.39 is 0 Å². The number of unbranched alkanes of at least 4 members (excludes halogenated alkanes) is 3. The highest BCUT2D eigenvalue weighted by atomic mass is 35.5. The van der Waals surface area contributed by atoms with Crippen molar-refractivity contribution in [3.8, 4) is 0 Å². The molecule has 1 aliphatic carbocycles. The van der Waals surface area contributed by atoms with Crippen LogP contribution in [0.1, 0.15) is 59.3 Å². The van der Waals surface area contributed by atoms with E-state index in [0.717, 1.165) is 19.4 Å². The van der Waals surface area contributed by atoms with Crippen LogP contribution in [0.4, 0.5) is 0 Å². The molecule has 0 spiro atoms. The number of halogens is 1. The molecule has 0 saturated heterocycles. The molecular weight excluding hydrogens is 208 g/mol. The van der Waals surface area contributed by atoms with Crippen molar-refractivity contribution in [3.63, 3.8) is 0 Å². The predicted molar refractivity (Wildman–Crippen MR) is 66.5 cm³/mol. The summed E-state index contributed by atoms with van der Waals surface area (Å²) in [6.45, 7) is 7.62. The van der Waals surface area contributed by atoms with Gasteiger partial charge in [-0.1, -0.05) is 40.0 Å². The Balaban J connectivity index is 2.12. The van der Waals surface area contributed by atoms with Crippen LogP contribution in [-0.2, 0) is 4.74 Å². The van der Waals surface area contributed by atoms with Crippen molar-refractivity contribution < 1.29 is 4.74 Å². The lowest BCUT2D eigenvalue weighted by Crippen LogP contribution is -2.53. The van der Waals surface area contributed by atoms with Crippen molar-refractivity contribution in [1.29, 1.82) is 0 Å². The molecule has 3 atom stereocenters. The first-order valence-corrected chi connectivity index (χ1v) is 6.84. The van der Waals surface area contributed by atoms with Crippen LogP contribution in [0.15, 0.2) is 0 Å². The Morgan fingerprint density at radius 3 is 2.53 bits per heavy atom. The van der Waals surface area contributed by atoms with E-state index in [-0.39, 0.29) is 5.41 Å². The summed E-state index contributed by atoms with van der Waals surface area (Å²) >= 11 is 6.23. The predicted octanol–water partition coefficient (Wildman–Crippen LogP) is 4.38. The van der Waals surface area contributed by atoms with E-state index in [4.69, 9.17) is 16.3 Å². The average Bonchev–Trinajstić information content (AvgIpc) is 2.26. The van der Waals surface area contributed by atoms with Gasteiger partial charge in [0.05, 0.1) is 6.10 Å². The quantitative estimate of drug-likeness (QED) is 0.468. The van der Waals surface area contributed by atoms with Gasteiger partial charge in [0.25, 0.3) is 0 Å². The summed E-state index contributed by atoms with van der Waals surface area (Å²) in [6, 6.07) is 0. The topological polar surface area (TPSA) is 9.23 Å². The van der Waals surface area contributed by atoms with Crippen molar-refractivity contribution in [1.82, 2.24) is 0 Å². The minimum Gasteiger partial charge on any atom is -0.378 e. The lowest BCUT2D eigenvalue weighted by Gasteiger charge is -2.50. The Labute approximate surface area is 99.5 Å². The number of hydrogen-bond donors (Lipinski definition) is 0. The van der Waals surface area contributed by atoms with E-state index in [1.807, 2.05) is 0 Å². The zero-order chi connectivity index (χ0) is 11.3. The molecule has 0 bridgehead atoms. The number of alkyl halides is 1. The Morgan fingerprint density at radius 1 is 1.27 bits per heavy atom. The van der Waals surface area contributed by atoms with Gasteiger partial charge in [0.2, 0.25) is 0 Å². The fourth-order valence-electron chi connectivity index (χ4n) is 2.23. The summed E-state index contributed by atoms with van der Waals surface area (Å²) in [6.07, 6.45) is 7.71. The number of hydrogen-bond acceptors (Lipinski definition) is 1. The van der Waals surface area contributed by atoms with Gasteiger partial charge in [-0.25, -0.2) is 0 Å². The van der Waals surface area contributed by atoms with Crippen molar-refractivity contribution >= 4 is 11.6 Å². The van der Waals surface area contributed by atoms with Gasteiger partial charge in [-0.15, -0.1) is 11.6 Å². The Bertz CT molecular complexity index is 183. The van der Waals surface area contributed by atoms with E-state index in [9.17, 15) is 0 Å². The molecule has 3 unspecified atom stereocenters. The van der Waals surface area contributed by atoms with E-state index in [0.29, 0.717) is 11.5 Å². The third-order valence-corrected chi connectivity index (χ3v) is 4.63. The molecule has 1 fully saturated rings. The molecule has 1 nitrogen and oxygen atoms in total. The van der Waals surface area contributed by atoms with Gasteiger partial charge in [0.1, 0.15) is 0 Å². The maximum Gasteiger partial charge on any atom is 0.0656 e. The molecule has 0 radical (unpaired) electrons. The summed E-state index contributed by atoms with van der Waals surface area (Å²) in [5.41, 5.74) is 0.228. The van der Waals surface area contributed by atoms with Crippen LogP contribution in [0.25, 0.3) is 0 Å². The summed E-state index contributed by atoms with van der Waals surface area (Å²) < 4.78 is 5.92. The van der Waals surface area contributed by atoms with Gasteiger partial charge in [0.15, 0.2) is 0 Å². The van der Waals surface area contributed by atoms with Crippen LogP contribution in [0.5, 0.6) is 0 Å². The first kappa shape index (κ1) is 13.3. The zero-order valence-electron chi connectivity index (χ0n) is 10.4. The standard InChI is InChI=1S/C13H25ClO/c1-4-6-7-8-9-15-12-10-11(14)13(12,3)5-2/h11-12H,4-10H2,1-3H3. The molecule has 1 aliphatic rings. The first-order chi connectivity index (χ1) is 7.15. The zero-order valence-corrected chi connectivity index (χ0v) is 11.1. The average molecular weight is 233 g/mol. The van der Waals surface area contributed by atoms with Crippen molar-refractivity contribution in [2.75, 3.05) is 6.61 Å². The molecule has 2 heteroatoms. The maximum absolute atomic E-state index is 6.23. The fraction of sp³-hybridized carbons (Fsp3) is 1.00. The van der Waals surface area contributed by atoms with Crippen LogP contribution in [0, 0.1) is 5.41 Å². The molecule has 1 saturated carbocycles. The molecule has 90 valence electrons. The molecule has 0 aromatic heterocycles. The minimum absolute atomic E-state index is 0.228. The van der Waals surface area contributed by atoms with Crippen LogP contribution in [0.2, 0.25) is 0 Å². The lowest BCUT2D eigenvalue weighted by molar-refractivity contribution is -0.100. The van der Waals surface area contributed by atoms with Gasteiger partial charge in [-0.3, -0.25) is 0 Å².